The van der Waals surface area contributed by atoms with Gasteiger partial charge in [0.1, 0.15) is 0 Å². The first-order valence-corrected chi connectivity index (χ1v) is 20.2. The van der Waals surface area contributed by atoms with Crippen molar-refractivity contribution in [2.75, 3.05) is 6.61 Å². The van der Waals surface area contributed by atoms with Crippen LogP contribution in [0.5, 0.6) is 0 Å². The van der Waals surface area contributed by atoms with E-state index in [0.717, 1.165) is 32.1 Å². The van der Waals surface area contributed by atoms with E-state index in [9.17, 15) is 15.0 Å². The summed E-state index contributed by atoms with van der Waals surface area (Å²) in [6, 6.07) is -0.636. The lowest BCUT2D eigenvalue weighted by atomic mass is 10.0. The fraction of sp³-hybridized carbons (Fsp3) is 0.833. The van der Waals surface area contributed by atoms with Crippen molar-refractivity contribution in [1.82, 2.24) is 5.32 Å². The molecule has 0 aliphatic carbocycles. The van der Waals surface area contributed by atoms with E-state index in [1.807, 2.05) is 6.08 Å². The third-order valence-corrected chi connectivity index (χ3v) is 9.10. The lowest BCUT2D eigenvalue weighted by Gasteiger charge is -2.19. The van der Waals surface area contributed by atoms with Crippen LogP contribution in [0.2, 0.25) is 0 Å². The third kappa shape index (κ3) is 34.0. The maximum Gasteiger partial charge on any atom is 0.220 e. The van der Waals surface area contributed by atoms with Crippen molar-refractivity contribution >= 4 is 5.91 Å². The predicted octanol–water partition coefficient (Wildman–Crippen LogP) is 12.2. The van der Waals surface area contributed by atoms with Gasteiger partial charge in [0.05, 0.1) is 18.8 Å². The number of amides is 1. The summed E-state index contributed by atoms with van der Waals surface area (Å²) >= 11 is 0. The van der Waals surface area contributed by atoms with Crippen molar-refractivity contribution in [2.45, 2.75) is 219 Å². The van der Waals surface area contributed by atoms with Gasteiger partial charge < -0.3 is 15.5 Å². The van der Waals surface area contributed by atoms with E-state index in [1.54, 1.807) is 6.08 Å². The number of nitrogens with one attached hydrogen (secondary N) is 1. The van der Waals surface area contributed by atoms with Crippen LogP contribution in [0.25, 0.3) is 0 Å². The average Bonchev–Trinajstić information content (AvgIpc) is 3.06. The summed E-state index contributed by atoms with van der Waals surface area (Å²) in [6.45, 7) is 4.27. The standard InChI is InChI=1S/C42H79NO3/c1-3-5-7-9-11-13-15-16-17-18-19-20-21-22-23-24-25-26-28-30-32-34-36-38-42(46)43-40(39-44)41(45)37-35-33-31-29-27-14-12-10-8-6-4-2/h18-19,27,29,35,37,40-41,44-45H,3-17,20-26,28,30-34,36,38-39H2,1-2H3,(H,43,46)/b19-18-,29-27+,37-35+. The molecule has 0 spiro atoms. The molecule has 4 heteroatoms. The first-order chi connectivity index (χ1) is 22.7. The Balaban J connectivity index is 3.55. The zero-order valence-electron chi connectivity index (χ0n) is 30.8. The quantitative estimate of drug-likeness (QED) is 0.0469. The minimum absolute atomic E-state index is 0.0765. The Morgan fingerprint density at radius 3 is 1.26 bits per heavy atom. The molecule has 4 nitrogen and oxygen atoms in total. The lowest BCUT2D eigenvalue weighted by Crippen LogP contribution is -2.45. The van der Waals surface area contributed by atoms with Gasteiger partial charge in [0.15, 0.2) is 0 Å². The fourth-order valence-electron chi connectivity index (χ4n) is 5.95. The predicted molar refractivity (Wildman–Crippen MR) is 202 cm³/mol. The summed E-state index contributed by atoms with van der Waals surface area (Å²) in [6.07, 6.45) is 49.6. The summed E-state index contributed by atoms with van der Waals surface area (Å²) in [7, 11) is 0. The highest BCUT2D eigenvalue weighted by Gasteiger charge is 2.17. The number of aliphatic hydroxyl groups excluding tert-OH is 2. The van der Waals surface area contributed by atoms with Crippen LogP contribution < -0.4 is 5.32 Å². The maximum absolute atomic E-state index is 12.3. The largest absolute Gasteiger partial charge is 0.394 e. The Bertz CT molecular complexity index is 701. The van der Waals surface area contributed by atoms with E-state index in [0.29, 0.717) is 6.42 Å². The topological polar surface area (TPSA) is 69.6 Å². The Hall–Kier alpha value is -1.39. The number of unbranched alkanes of at least 4 members (excludes halogenated alkanes) is 25. The highest BCUT2D eigenvalue weighted by atomic mass is 16.3. The number of carbonyl (C=O) groups is 1. The number of allylic oxidation sites excluding steroid dienone is 5. The lowest BCUT2D eigenvalue weighted by molar-refractivity contribution is -0.123. The van der Waals surface area contributed by atoms with E-state index < -0.39 is 12.1 Å². The van der Waals surface area contributed by atoms with Crippen LogP contribution in [0.15, 0.2) is 36.5 Å². The summed E-state index contributed by atoms with van der Waals surface area (Å²) in [5.41, 5.74) is 0. The van der Waals surface area contributed by atoms with Crippen molar-refractivity contribution in [3.8, 4) is 0 Å². The molecule has 0 saturated carbocycles. The van der Waals surface area contributed by atoms with Crippen molar-refractivity contribution in [3.05, 3.63) is 36.5 Å². The third-order valence-electron chi connectivity index (χ3n) is 9.10. The van der Waals surface area contributed by atoms with E-state index in [2.05, 4.69) is 43.5 Å². The summed E-state index contributed by atoms with van der Waals surface area (Å²) in [5.74, 6) is -0.0765. The molecule has 0 aromatic heterocycles. The Labute approximate surface area is 287 Å². The van der Waals surface area contributed by atoms with Gasteiger partial charge in [-0.1, -0.05) is 179 Å². The van der Waals surface area contributed by atoms with Crippen LogP contribution in [0, 0.1) is 0 Å². The Morgan fingerprint density at radius 1 is 0.500 bits per heavy atom. The molecule has 1 amide bonds. The molecule has 0 aliphatic rings. The summed E-state index contributed by atoms with van der Waals surface area (Å²) in [4.78, 5) is 12.3. The number of hydrogen-bond acceptors (Lipinski definition) is 3. The van der Waals surface area contributed by atoms with Gasteiger partial charge in [-0.15, -0.1) is 0 Å². The van der Waals surface area contributed by atoms with Crippen molar-refractivity contribution < 1.29 is 15.0 Å². The van der Waals surface area contributed by atoms with Gasteiger partial charge in [0.2, 0.25) is 5.91 Å². The molecule has 3 N–H and O–H groups in total. The average molecular weight is 646 g/mol. The van der Waals surface area contributed by atoms with E-state index >= 15 is 0 Å². The molecule has 2 unspecified atom stereocenters. The van der Waals surface area contributed by atoms with Gasteiger partial charge in [-0.2, -0.15) is 0 Å². The Morgan fingerprint density at radius 2 is 0.848 bits per heavy atom. The highest BCUT2D eigenvalue weighted by molar-refractivity contribution is 5.76. The zero-order valence-corrected chi connectivity index (χ0v) is 30.8. The van der Waals surface area contributed by atoms with Crippen molar-refractivity contribution in [2.24, 2.45) is 0 Å². The van der Waals surface area contributed by atoms with Gasteiger partial charge in [0, 0.05) is 6.42 Å². The molecule has 270 valence electrons. The molecule has 2 atom stereocenters. The number of rotatable bonds is 36. The smallest absolute Gasteiger partial charge is 0.220 e. The van der Waals surface area contributed by atoms with E-state index in [4.69, 9.17) is 0 Å². The minimum Gasteiger partial charge on any atom is -0.394 e. The molecule has 0 bridgehead atoms. The second kappa shape index (κ2) is 38.1. The van der Waals surface area contributed by atoms with Gasteiger partial charge in [-0.3, -0.25) is 4.79 Å². The van der Waals surface area contributed by atoms with Gasteiger partial charge in [0.25, 0.3) is 0 Å². The molecule has 0 aromatic carbocycles. The molecule has 0 rings (SSSR count). The molecular formula is C42H79NO3. The second-order valence-corrected chi connectivity index (χ2v) is 13.7. The van der Waals surface area contributed by atoms with Crippen LogP contribution in [0.3, 0.4) is 0 Å². The monoisotopic (exact) mass is 646 g/mol. The maximum atomic E-state index is 12.3. The van der Waals surface area contributed by atoms with Crippen molar-refractivity contribution in [1.29, 1.82) is 0 Å². The van der Waals surface area contributed by atoms with E-state index in [-0.39, 0.29) is 12.5 Å². The molecule has 0 fully saturated rings. The summed E-state index contributed by atoms with van der Waals surface area (Å²) < 4.78 is 0. The number of hydrogen-bond donors (Lipinski definition) is 3. The second-order valence-electron chi connectivity index (χ2n) is 13.7. The molecule has 0 aliphatic heterocycles. The molecule has 0 radical (unpaired) electrons. The summed E-state index contributed by atoms with van der Waals surface area (Å²) in [5, 5.41) is 22.8. The molecule has 0 aromatic rings. The van der Waals surface area contributed by atoms with Gasteiger partial charge >= 0.3 is 0 Å². The van der Waals surface area contributed by atoms with Crippen LogP contribution >= 0.6 is 0 Å². The van der Waals surface area contributed by atoms with E-state index in [1.165, 1.54) is 154 Å². The van der Waals surface area contributed by atoms with Crippen LogP contribution in [-0.2, 0) is 4.79 Å². The fourth-order valence-corrected chi connectivity index (χ4v) is 5.95. The zero-order chi connectivity index (χ0) is 33.6. The molecule has 0 heterocycles. The first kappa shape index (κ1) is 44.6. The molecule has 0 saturated heterocycles. The minimum atomic E-state index is -0.859. The van der Waals surface area contributed by atoms with Crippen molar-refractivity contribution in [3.63, 3.8) is 0 Å². The van der Waals surface area contributed by atoms with Crippen LogP contribution in [0.4, 0.5) is 0 Å². The number of aliphatic hydroxyl groups is 2. The normalized spacial score (nSPS) is 13.4. The molecule has 46 heavy (non-hydrogen) atoms. The van der Waals surface area contributed by atoms with Crippen LogP contribution in [-0.4, -0.2) is 34.9 Å². The Kier molecular flexibility index (Phi) is 36.9. The van der Waals surface area contributed by atoms with Crippen LogP contribution in [0.1, 0.15) is 206 Å². The number of carbonyl (C=O) groups excluding carboxylic acids is 1. The SMILES string of the molecule is CCCCCCC/C=C/CC/C=C/C(O)C(CO)NC(=O)CCCCCCCCCCCCC/C=C\CCCCCCCCCC. The highest BCUT2D eigenvalue weighted by Crippen LogP contribution is 2.14. The first-order valence-electron chi connectivity index (χ1n) is 20.2. The molecular weight excluding hydrogens is 566 g/mol. The van der Waals surface area contributed by atoms with Gasteiger partial charge in [-0.05, 0) is 57.8 Å². The van der Waals surface area contributed by atoms with Gasteiger partial charge in [-0.25, -0.2) is 0 Å².